The highest BCUT2D eigenvalue weighted by molar-refractivity contribution is 5.23. The van der Waals surface area contributed by atoms with Crippen molar-refractivity contribution in [2.24, 2.45) is 11.8 Å². The third kappa shape index (κ3) is 3.26. The van der Waals surface area contributed by atoms with E-state index in [4.69, 9.17) is 4.74 Å². The van der Waals surface area contributed by atoms with Gasteiger partial charge in [-0.1, -0.05) is 49.6 Å². The number of ether oxygens (including phenoxy) is 1. The lowest BCUT2D eigenvalue weighted by Crippen LogP contribution is -2.53. The van der Waals surface area contributed by atoms with Crippen LogP contribution >= 0.6 is 0 Å². The van der Waals surface area contributed by atoms with Crippen molar-refractivity contribution in [3.63, 3.8) is 0 Å². The molecule has 24 heavy (non-hydrogen) atoms. The predicted octanol–water partition coefficient (Wildman–Crippen LogP) is 3.57. The van der Waals surface area contributed by atoms with Crippen LogP contribution < -0.4 is 0 Å². The molecule has 5 rings (SSSR count). The Morgan fingerprint density at radius 3 is 2.33 bits per heavy atom. The van der Waals surface area contributed by atoms with E-state index in [1.807, 2.05) is 18.2 Å². The number of hydrogen-bond donors (Lipinski definition) is 1. The summed E-state index contributed by atoms with van der Waals surface area (Å²) >= 11 is 0. The first-order chi connectivity index (χ1) is 11.8. The van der Waals surface area contributed by atoms with Crippen molar-refractivity contribution < 1.29 is 9.84 Å². The highest BCUT2D eigenvalue weighted by Crippen LogP contribution is 2.40. The summed E-state index contributed by atoms with van der Waals surface area (Å²) in [4.78, 5) is 2.52. The van der Waals surface area contributed by atoms with Crippen LogP contribution in [0.15, 0.2) is 30.3 Å². The van der Waals surface area contributed by atoms with Gasteiger partial charge < -0.3 is 14.7 Å². The van der Waals surface area contributed by atoms with E-state index >= 15 is 0 Å². The maximum Gasteiger partial charge on any atom is 0.116 e. The van der Waals surface area contributed by atoms with Crippen molar-refractivity contribution in [3.05, 3.63) is 35.9 Å². The smallest absolute Gasteiger partial charge is 0.116 e. The average molecular weight is 329 g/mol. The van der Waals surface area contributed by atoms with E-state index < -0.39 is 5.60 Å². The van der Waals surface area contributed by atoms with E-state index in [0.717, 1.165) is 24.9 Å². The molecule has 3 aliphatic heterocycles. The third-order valence-electron chi connectivity index (χ3n) is 6.67. The number of piperidine rings is 3. The molecule has 0 spiro atoms. The maximum absolute atomic E-state index is 11.7. The SMILES string of the molecule is O[C@@](CO[C@@H]1CN2CCC1CC2)(c1ccccc1)C1CCCCC1. The molecule has 132 valence electrons. The summed E-state index contributed by atoms with van der Waals surface area (Å²) < 4.78 is 6.40. The minimum atomic E-state index is -0.826. The van der Waals surface area contributed by atoms with Crippen LogP contribution in [0.1, 0.15) is 50.5 Å². The fourth-order valence-electron chi connectivity index (χ4n) is 5.08. The summed E-state index contributed by atoms with van der Waals surface area (Å²) in [6.45, 7) is 3.98. The highest BCUT2D eigenvalue weighted by atomic mass is 16.5. The van der Waals surface area contributed by atoms with Crippen LogP contribution in [0.25, 0.3) is 0 Å². The van der Waals surface area contributed by atoms with Gasteiger partial charge in [0.15, 0.2) is 0 Å². The summed E-state index contributed by atoms with van der Waals surface area (Å²) in [7, 11) is 0. The quantitative estimate of drug-likeness (QED) is 0.896. The molecular weight excluding hydrogens is 298 g/mol. The normalized spacial score (nSPS) is 33.3. The molecule has 0 amide bonds. The molecule has 1 aromatic carbocycles. The van der Waals surface area contributed by atoms with Gasteiger partial charge in [-0.15, -0.1) is 0 Å². The molecule has 1 aromatic rings. The summed E-state index contributed by atoms with van der Waals surface area (Å²) in [5.74, 6) is 1.02. The number of hydrogen-bond acceptors (Lipinski definition) is 3. The summed E-state index contributed by atoms with van der Waals surface area (Å²) in [5, 5.41) is 11.7. The molecule has 0 unspecified atom stereocenters. The molecule has 2 atom stereocenters. The zero-order valence-corrected chi connectivity index (χ0v) is 14.7. The van der Waals surface area contributed by atoms with E-state index in [0.29, 0.717) is 24.5 Å². The van der Waals surface area contributed by atoms with Crippen LogP contribution in [0.3, 0.4) is 0 Å². The largest absolute Gasteiger partial charge is 0.382 e. The fourth-order valence-corrected chi connectivity index (χ4v) is 5.08. The van der Waals surface area contributed by atoms with Gasteiger partial charge in [-0.2, -0.15) is 0 Å². The maximum atomic E-state index is 11.7. The van der Waals surface area contributed by atoms with Crippen molar-refractivity contribution in [1.82, 2.24) is 4.90 Å². The molecule has 3 nitrogen and oxygen atoms in total. The molecule has 3 heteroatoms. The molecule has 4 fully saturated rings. The Morgan fingerprint density at radius 1 is 1.00 bits per heavy atom. The lowest BCUT2D eigenvalue weighted by molar-refractivity contribution is -0.148. The summed E-state index contributed by atoms with van der Waals surface area (Å²) in [5.41, 5.74) is 0.214. The number of rotatable bonds is 5. The minimum absolute atomic E-state index is 0.311. The predicted molar refractivity (Wildman–Crippen MR) is 95.8 cm³/mol. The van der Waals surface area contributed by atoms with Gasteiger partial charge in [-0.25, -0.2) is 0 Å². The summed E-state index contributed by atoms with van der Waals surface area (Å²) in [6.07, 6.45) is 8.85. The van der Waals surface area contributed by atoms with Crippen LogP contribution in [0.4, 0.5) is 0 Å². The molecule has 3 saturated heterocycles. The molecule has 1 saturated carbocycles. The minimum Gasteiger partial charge on any atom is -0.382 e. The van der Waals surface area contributed by atoms with Crippen LogP contribution in [-0.4, -0.2) is 42.4 Å². The van der Waals surface area contributed by atoms with Gasteiger partial charge in [0.1, 0.15) is 5.60 Å². The lowest BCUT2D eigenvalue weighted by Gasteiger charge is -2.46. The molecule has 3 heterocycles. The zero-order chi connectivity index (χ0) is 16.4. The van der Waals surface area contributed by atoms with Crippen LogP contribution in [0.2, 0.25) is 0 Å². The first kappa shape index (κ1) is 16.6. The number of nitrogens with zero attached hydrogens (tertiary/aromatic N) is 1. The van der Waals surface area contributed by atoms with Crippen molar-refractivity contribution in [2.45, 2.75) is 56.7 Å². The Kier molecular flexibility index (Phi) is 4.93. The van der Waals surface area contributed by atoms with E-state index in [-0.39, 0.29) is 0 Å². The van der Waals surface area contributed by atoms with Gasteiger partial charge in [0.25, 0.3) is 0 Å². The highest BCUT2D eigenvalue weighted by Gasteiger charge is 2.42. The Hall–Kier alpha value is -0.900. The first-order valence-corrected chi connectivity index (χ1v) is 9.87. The van der Waals surface area contributed by atoms with E-state index in [1.165, 1.54) is 45.2 Å². The average Bonchev–Trinajstić information content (AvgIpc) is 2.68. The van der Waals surface area contributed by atoms with Gasteiger partial charge in [0, 0.05) is 6.54 Å². The summed E-state index contributed by atoms with van der Waals surface area (Å²) in [6, 6.07) is 10.3. The Bertz CT molecular complexity index is 520. The Balaban J connectivity index is 1.50. The van der Waals surface area contributed by atoms with Gasteiger partial charge in [-0.3, -0.25) is 0 Å². The first-order valence-electron chi connectivity index (χ1n) is 9.87. The molecule has 4 aliphatic rings. The van der Waals surface area contributed by atoms with Crippen molar-refractivity contribution in [2.75, 3.05) is 26.2 Å². The molecule has 2 bridgehead atoms. The number of aliphatic hydroxyl groups is 1. The van der Waals surface area contributed by atoms with Crippen LogP contribution in [0.5, 0.6) is 0 Å². The van der Waals surface area contributed by atoms with Crippen molar-refractivity contribution in [3.8, 4) is 0 Å². The Morgan fingerprint density at radius 2 is 1.71 bits per heavy atom. The van der Waals surface area contributed by atoms with Crippen LogP contribution in [-0.2, 0) is 10.3 Å². The molecule has 0 aromatic heterocycles. The monoisotopic (exact) mass is 329 g/mol. The van der Waals surface area contributed by atoms with Gasteiger partial charge in [0.2, 0.25) is 0 Å². The second kappa shape index (κ2) is 7.15. The van der Waals surface area contributed by atoms with Crippen molar-refractivity contribution in [1.29, 1.82) is 0 Å². The van der Waals surface area contributed by atoms with Gasteiger partial charge in [0.05, 0.1) is 12.7 Å². The van der Waals surface area contributed by atoms with Crippen LogP contribution in [0, 0.1) is 11.8 Å². The number of fused-ring (bicyclic) bond motifs is 3. The molecule has 0 radical (unpaired) electrons. The number of benzene rings is 1. The lowest BCUT2D eigenvalue weighted by atomic mass is 9.73. The topological polar surface area (TPSA) is 32.7 Å². The standard InChI is InChI=1S/C21H31NO2/c23-21(18-7-3-1-4-8-18,19-9-5-2-6-10-19)16-24-20-15-22-13-11-17(20)12-14-22/h1,3-4,7-8,17,19-20,23H,2,5-6,9-16H2/t20-,21+/m1/s1. The molecule has 1 N–H and O–H groups in total. The molecular formula is C21H31NO2. The van der Waals surface area contributed by atoms with E-state index in [9.17, 15) is 5.11 Å². The van der Waals surface area contributed by atoms with Gasteiger partial charge >= 0.3 is 0 Å². The van der Waals surface area contributed by atoms with E-state index in [2.05, 4.69) is 17.0 Å². The Labute approximate surface area is 146 Å². The molecule has 1 aliphatic carbocycles. The third-order valence-corrected chi connectivity index (χ3v) is 6.67. The fraction of sp³-hybridized carbons (Fsp3) is 0.714. The van der Waals surface area contributed by atoms with Crippen molar-refractivity contribution >= 4 is 0 Å². The van der Waals surface area contributed by atoms with E-state index in [1.54, 1.807) is 0 Å². The second-order valence-corrected chi connectivity index (χ2v) is 8.11. The second-order valence-electron chi connectivity index (χ2n) is 8.11. The van der Waals surface area contributed by atoms with Gasteiger partial charge in [-0.05, 0) is 56.2 Å². The zero-order valence-electron chi connectivity index (χ0n) is 14.7.